The van der Waals surface area contributed by atoms with Crippen molar-refractivity contribution in [1.82, 2.24) is 0 Å². The Labute approximate surface area is 147 Å². The molecule has 0 heterocycles. The van der Waals surface area contributed by atoms with Crippen molar-refractivity contribution in [1.29, 1.82) is 0 Å². The van der Waals surface area contributed by atoms with E-state index in [0.29, 0.717) is 0 Å². The second-order valence-corrected chi connectivity index (χ2v) is 7.34. The summed E-state index contributed by atoms with van der Waals surface area (Å²) in [6.45, 7) is 10.9. The SMILES string of the molecule is CCCC(=C/C=C/C(C)=C/C(=O)O)/C=C/C1=C(C)CCCC1(C)C. The highest BCUT2D eigenvalue weighted by Gasteiger charge is 2.26. The summed E-state index contributed by atoms with van der Waals surface area (Å²) in [4.78, 5) is 10.6. The fourth-order valence-corrected chi connectivity index (χ4v) is 3.28. The van der Waals surface area contributed by atoms with Gasteiger partial charge in [0.15, 0.2) is 0 Å². The molecule has 0 aromatic rings. The normalized spacial score (nSPS) is 19.5. The summed E-state index contributed by atoms with van der Waals surface area (Å²) >= 11 is 0. The van der Waals surface area contributed by atoms with Crippen molar-refractivity contribution >= 4 is 5.97 Å². The Hall–Kier alpha value is -1.83. The van der Waals surface area contributed by atoms with Gasteiger partial charge in [-0.05, 0) is 61.7 Å². The molecular formula is C22H32O2. The molecule has 0 aromatic carbocycles. The molecule has 2 heteroatoms. The summed E-state index contributed by atoms with van der Waals surface area (Å²) in [7, 11) is 0. The summed E-state index contributed by atoms with van der Waals surface area (Å²) in [5.74, 6) is -0.906. The standard InChI is InChI=1S/C22H32O2/c1-6-9-19(12-7-10-17(2)16-21(23)24)13-14-20-18(3)11-8-15-22(20,4)5/h7,10,12-14,16H,6,8-9,11,15H2,1-5H3,(H,23,24)/b10-7+,14-13+,17-16+,19-12-. The molecule has 0 aromatic heterocycles. The number of hydrogen-bond acceptors (Lipinski definition) is 1. The molecule has 1 aliphatic rings. The molecule has 1 rings (SSSR count). The van der Waals surface area contributed by atoms with Crippen LogP contribution in [0.1, 0.15) is 66.7 Å². The molecule has 0 fully saturated rings. The van der Waals surface area contributed by atoms with Gasteiger partial charge < -0.3 is 5.11 Å². The molecule has 132 valence electrons. The van der Waals surface area contributed by atoms with E-state index in [1.165, 1.54) is 42.1 Å². The van der Waals surface area contributed by atoms with E-state index < -0.39 is 5.97 Å². The minimum absolute atomic E-state index is 0.257. The van der Waals surface area contributed by atoms with Crippen molar-refractivity contribution in [3.8, 4) is 0 Å². The van der Waals surface area contributed by atoms with E-state index >= 15 is 0 Å². The molecule has 1 N–H and O–H groups in total. The van der Waals surface area contributed by atoms with E-state index in [4.69, 9.17) is 5.11 Å². The van der Waals surface area contributed by atoms with Gasteiger partial charge in [-0.3, -0.25) is 0 Å². The van der Waals surface area contributed by atoms with Crippen LogP contribution in [0.15, 0.2) is 58.7 Å². The zero-order valence-corrected chi connectivity index (χ0v) is 15.9. The molecule has 24 heavy (non-hydrogen) atoms. The van der Waals surface area contributed by atoms with Crippen molar-refractivity contribution in [2.45, 2.75) is 66.7 Å². The average Bonchev–Trinajstić information content (AvgIpc) is 2.45. The van der Waals surface area contributed by atoms with Gasteiger partial charge in [0.2, 0.25) is 0 Å². The topological polar surface area (TPSA) is 37.3 Å². The predicted octanol–water partition coefficient (Wildman–Crippen LogP) is 6.38. The Morgan fingerprint density at radius 1 is 1.29 bits per heavy atom. The largest absolute Gasteiger partial charge is 0.478 e. The molecule has 0 amide bonds. The van der Waals surface area contributed by atoms with E-state index in [1.54, 1.807) is 6.92 Å². The number of carboxylic acid groups (broad SMARTS) is 1. The third-order valence-corrected chi connectivity index (χ3v) is 4.57. The molecule has 0 saturated carbocycles. The summed E-state index contributed by atoms with van der Waals surface area (Å²) in [6.07, 6.45) is 17.5. The zero-order valence-electron chi connectivity index (χ0n) is 15.9. The van der Waals surface area contributed by atoms with Gasteiger partial charge in [-0.2, -0.15) is 0 Å². The van der Waals surface area contributed by atoms with Crippen molar-refractivity contribution in [2.75, 3.05) is 0 Å². The minimum atomic E-state index is -0.906. The summed E-state index contributed by atoms with van der Waals surface area (Å²) in [5.41, 5.74) is 5.26. The van der Waals surface area contributed by atoms with E-state index in [0.717, 1.165) is 18.4 Å². The summed E-state index contributed by atoms with van der Waals surface area (Å²) in [6, 6.07) is 0. The Kier molecular flexibility index (Phi) is 7.97. The minimum Gasteiger partial charge on any atom is -0.478 e. The predicted molar refractivity (Wildman–Crippen MR) is 103 cm³/mol. The maximum atomic E-state index is 10.6. The van der Waals surface area contributed by atoms with Crippen LogP contribution in [0.5, 0.6) is 0 Å². The second kappa shape index (κ2) is 9.46. The van der Waals surface area contributed by atoms with Crippen LogP contribution in [0.4, 0.5) is 0 Å². The highest BCUT2D eigenvalue weighted by Crippen LogP contribution is 2.40. The summed E-state index contributed by atoms with van der Waals surface area (Å²) < 4.78 is 0. The van der Waals surface area contributed by atoms with Crippen LogP contribution in [0.2, 0.25) is 0 Å². The van der Waals surface area contributed by atoms with Crippen molar-refractivity contribution in [3.05, 3.63) is 58.7 Å². The molecule has 0 radical (unpaired) electrons. The van der Waals surface area contributed by atoms with Gasteiger partial charge in [-0.25, -0.2) is 4.79 Å². The maximum absolute atomic E-state index is 10.6. The number of carboxylic acids is 1. The van der Waals surface area contributed by atoms with Crippen molar-refractivity contribution < 1.29 is 9.90 Å². The lowest BCUT2D eigenvalue weighted by atomic mass is 9.72. The molecule has 0 bridgehead atoms. The van der Waals surface area contributed by atoms with Crippen LogP contribution >= 0.6 is 0 Å². The third-order valence-electron chi connectivity index (χ3n) is 4.57. The van der Waals surface area contributed by atoms with Crippen LogP contribution < -0.4 is 0 Å². The fraction of sp³-hybridized carbons (Fsp3) is 0.500. The van der Waals surface area contributed by atoms with Crippen LogP contribution in [0.25, 0.3) is 0 Å². The van der Waals surface area contributed by atoms with Gasteiger partial charge in [0, 0.05) is 6.08 Å². The lowest BCUT2D eigenvalue weighted by Crippen LogP contribution is -2.19. The molecule has 1 aliphatic carbocycles. The van der Waals surface area contributed by atoms with Crippen LogP contribution in [0, 0.1) is 5.41 Å². The number of rotatable bonds is 7. The molecule has 2 nitrogen and oxygen atoms in total. The van der Waals surface area contributed by atoms with Gasteiger partial charge in [0.25, 0.3) is 0 Å². The van der Waals surface area contributed by atoms with Gasteiger partial charge in [0.05, 0.1) is 0 Å². The molecule has 0 unspecified atom stereocenters. The monoisotopic (exact) mass is 328 g/mol. The number of aliphatic carboxylic acids is 1. The van der Waals surface area contributed by atoms with Crippen molar-refractivity contribution in [3.63, 3.8) is 0 Å². The molecular weight excluding hydrogens is 296 g/mol. The summed E-state index contributed by atoms with van der Waals surface area (Å²) in [5, 5.41) is 8.74. The Balaban J connectivity index is 2.95. The Bertz CT molecular complexity index is 595. The molecule has 0 atom stereocenters. The molecule has 0 aliphatic heterocycles. The van der Waals surface area contributed by atoms with E-state index in [-0.39, 0.29) is 5.41 Å². The van der Waals surface area contributed by atoms with Crippen LogP contribution in [-0.2, 0) is 4.79 Å². The fourth-order valence-electron chi connectivity index (χ4n) is 3.28. The number of allylic oxidation sites excluding steroid dienone is 9. The Morgan fingerprint density at radius 2 is 2.00 bits per heavy atom. The lowest BCUT2D eigenvalue weighted by Gasteiger charge is -2.33. The van der Waals surface area contributed by atoms with E-state index in [9.17, 15) is 4.79 Å². The lowest BCUT2D eigenvalue weighted by molar-refractivity contribution is -0.131. The smallest absolute Gasteiger partial charge is 0.328 e. The number of carbonyl (C=O) groups is 1. The highest BCUT2D eigenvalue weighted by molar-refractivity contribution is 5.81. The maximum Gasteiger partial charge on any atom is 0.328 e. The first-order chi connectivity index (χ1) is 11.3. The zero-order chi connectivity index (χ0) is 18.2. The quantitative estimate of drug-likeness (QED) is 0.434. The first-order valence-electron chi connectivity index (χ1n) is 8.93. The first kappa shape index (κ1) is 20.2. The number of hydrogen-bond donors (Lipinski definition) is 1. The van der Waals surface area contributed by atoms with E-state index in [2.05, 4.69) is 45.9 Å². The first-order valence-corrected chi connectivity index (χ1v) is 8.93. The molecule has 0 saturated heterocycles. The van der Waals surface area contributed by atoms with E-state index in [1.807, 2.05) is 12.2 Å². The van der Waals surface area contributed by atoms with Gasteiger partial charge in [0.1, 0.15) is 0 Å². The van der Waals surface area contributed by atoms with Gasteiger partial charge in [-0.15, -0.1) is 0 Å². The average molecular weight is 328 g/mol. The van der Waals surface area contributed by atoms with Gasteiger partial charge >= 0.3 is 5.97 Å². The van der Waals surface area contributed by atoms with Gasteiger partial charge in [-0.1, -0.05) is 63.1 Å². The Morgan fingerprint density at radius 3 is 2.58 bits per heavy atom. The van der Waals surface area contributed by atoms with Crippen LogP contribution in [0.3, 0.4) is 0 Å². The molecule has 0 spiro atoms. The highest BCUT2D eigenvalue weighted by atomic mass is 16.4. The van der Waals surface area contributed by atoms with Crippen molar-refractivity contribution in [2.24, 2.45) is 5.41 Å². The second-order valence-electron chi connectivity index (χ2n) is 7.34. The third kappa shape index (κ3) is 6.74. The van der Waals surface area contributed by atoms with Crippen LogP contribution in [-0.4, -0.2) is 11.1 Å².